The van der Waals surface area contributed by atoms with Crippen LogP contribution in [0.15, 0.2) is 48.5 Å². The first-order chi connectivity index (χ1) is 11.1. The van der Waals surface area contributed by atoms with Crippen LogP contribution in [-0.2, 0) is 12.4 Å². The Morgan fingerprint density at radius 1 is 0.792 bits per heavy atom. The molecule has 0 saturated carbocycles. The summed E-state index contributed by atoms with van der Waals surface area (Å²) in [6, 6.07) is 7.15. The summed E-state index contributed by atoms with van der Waals surface area (Å²) in [5.74, 6) is -1.33. The van der Waals surface area contributed by atoms with Crippen LogP contribution >= 0.6 is 0 Å². The van der Waals surface area contributed by atoms with E-state index < -0.39 is 41.1 Å². The van der Waals surface area contributed by atoms with E-state index in [1.165, 1.54) is 6.07 Å². The number of alkyl halides is 6. The normalized spacial score (nSPS) is 11.9. The van der Waals surface area contributed by atoms with Gasteiger partial charge in [-0.3, -0.25) is 0 Å². The van der Waals surface area contributed by atoms with Crippen molar-refractivity contribution in [3.05, 3.63) is 59.7 Å². The molecule has 0 bridgehead atoms. The Labute approximate surface area is 131 Å². The summed E-state index contributed by atoms with van der Waals surface area (Å²) < 4.78 is 84.8. The van der Waals surface area contributed by atoms with Gasteiger partial charge in [-0.05, 0) is 30.3 Å². The summed E-state index contributed by atoms with van der Waals surface area (Å²) in [7, 11) is 0. The third-order valence-corrected chi connectivity index (χ3v) is 2.75. The second-order valence-electron chi connectivity index (χ2n) is 4.47. The average molecular weight is 350 g/mol. The molecule has 0 radical (unpaired) electrons. The van der Waals surface area contributed by atoms with Crippen LogP contribution in [0.4, 0.5) is 31.1 Å². The SMILES string of the molecule is O=C(Oc1cccc(C(F)(F)F)c1)Oc1ccccc1C(F)(F)F. The van der Waals surface area contributed by atoms with E-state index in [0.29, 0.717) is 12.1 Å². The third-order valence-electron chi connectivity index (χ3n) is 2.75. The van der Waals surface area contributed by atoms with Gasteiger partial charge >= 0.3 is 18.5 Å². The highest BCUT2D eigenvalue weighted by molar-refractivity contribution is 5.67. The average Bonchev–Trinajstić information content (AvgIpc) is 2.46. The molecule has 128 valence electrons. The zero-order valence-corrected chi connectivity index (χ0v) is 11.6. The molecule has 0 aliphatic rings. The quantitative estimate of drug-likeness (QED) is 0.419. The van der Waals surface area contributed by atoms with Crippen LogP contribution in [0.3, 0.4) is 0 Å². The van der Waals surface area contributed by atoms with E-state index in [1.54, 1.807) is 0 Å². The Morgan fingerprint density at radius 2 is 1.46 bits per heavy atom. The molecule has 0 unspecified atom stereocenters. The van der Waals surface area contributed by atoms with Gasteiger partial charge in [0, 0.05) is 0 Å². The van der Waals surface area contributed by atoms with E-state index in [-0.39, 0.29) is 0 Å². The molecule has 0 spiro atoms. The van der Waals surface area contributed by atoms with Crippen molar-refractivity contribution in [3.8, 4) is 11.5 Å². The first kappa shape index (κ1) is 17.6. The molecule has 2 aromatic carbocycles. The second kappa shape index (κ2) is 6.42. The van der Waals surface area contributed by atoms with Gasteiger partial charge in [-0.15, -0.1) is 0 Å². The Bertz CT molecular complexity index is 736. The third kappa shape index (κ3) is 4.40. The van der Waals surface area contributed by atoms with E-state index >= 15 is 0 Å². The Morgan fingerprint density at radius 3 is 2.08 bits per heavy atom. The molecule has 2 rings (SSSR count). The van der Waals surface area contributed by atoms with E-state index in [9.17, 15) is 31.1 Å². The van der Waals surface area contributed by atoms with Crippen molar-refractivity contribution in [2.75, 3.05) is 0 Å². The van der Waals surface area contributed by atoms with Crippen LogP contribution in [0.25, 0.3) is 0 Å². The standard InChI is InChI=1S/C15H8F6O3/c16-14(17,18)9-4-3-5-10(8-9)23-13(22)24-12-7-2-1-6-11(12)15(19,20)21/h1-8H. The summed E-state index contributed by atoms with van der Waals surface area (Å²) in [4.78, 5) is 11.5. The van der Waals surface area contributed by atoms with Crippen molar-refractivity contribution in [1.29, 1.82) is 0 Å². The number of halogens is 6. The molecule has 9 heteroatoms. The van der Waals surface area contributed by atoms with Gasteiger partial charge < -0.3 is 9.47 Å². The lowest BCUT2D eigenvalue weighted by molar-refractivity contribution is -0.139. The van der Waals surface area contributed by atoms with Crippen LogP contribution in [0.2, 0.25) is 0 Å². The minimum atomic E-state index is -4.77. The Kier molecular flexibility index (Phi) is 4.72. The van der Waals surface area contributed by atoms with Gasteiger partial charge in [0.2, 0.25) is 0 Å². The van der Waals surface area contributed by atoms with Crippen molar-refractivity contribution in [3.63, 3.8) is 0 Å². The maximum atomic E-state index is 12.8. The molecule has 0 aliphatic heterocycles. The van der Waals surface area contributed by atoms with Crippen molar-refractivity contribution >= 4 is 6.16 Å². The van der Waals surface area contributed by atoms with Crippen LogP contribution in [-0.4, -0.2) is 6.16 Å². The van der Waals surface area contributed by atoms with Crippen LogP contribution in [0, 0.1) is 0 Å². The fourth-order valence-corrected chi connectivity index (χ4v) is 1.73. The molecule has 0 N–H and O–H groups in total. The molecule has 3 nitrogen and oxygen atoms in total. The zero-order valence-electron chi connectivity index (χ0n) is 11.6. The van der Waals surface area contributed by atoms with E-state index in [2.05, 4.69) is 9.47 Å². The molecule has 2 aromatic rings. The summed E-state index contributed by atoms with van der Waals surface area (Å²) in [6.45, 7) is 0. The zero-order chi connectivity index (χ0) is 18.0. The number of benzene rings is 2. The lowest BCUT2D eigenvalue weighted by atomic mass is 10.2. The second-order valence-corrected chi connectivity index (χ2v) is 4.47. The lowest BCUT2D eigenvalue weighted by Gasteiger charge is -2.13. The molecule has 24 heavy (non-hydrogen) atoms. The predicted octanol–water partition coefficient (Wildman–Crippen LogP) is 5.30. The predicted molar refractivity (Wildman–Crippen MR) is 69.5 cm³/mol. The summed E-state index contributed by atoms with van der Waals surface area (Å²) in [5.41, 5.74) is -2.30. The topological polar surface area (TPSA) is 35.5 Å². The molecule has 0 aliphatic carbocycles. The highest BCUT2D eigenvalue weighted by Crippen LogP contribution is 2.36. The van der Waals surface area contributed by atoms with Crippen molar-refractivity contribution < 1.29 is 40.6 Å². The Hall–Kier alpha value is -2.71. The van der Waals surface area contributed by atoms with Gasteiger partial charge in [0.1, 0.15) is 11.5 Å². The summed E-state index contributed by atoms with van der Waals surface area (Å²) >= 11 is 0. The van der Waals surface area contributed by atoms with Crippen LogP contribution in [0.5, 0.6) is 11.5 Å². The molecular weight excluding hydrogens is 342 g/mol. The molecule has 0 saturated heterocycles. The van der Waals surface area contributed by atoms with Gasteiger partial charge in [-0.1, -0.05) is 18.2 Å². The van der Waals surface area contributed by atoms with Gasteiger partial charge in [0.25, 0.3) is 0 Å². The maximum Gasteiger partial charge on any atom is 0.519 e. The number of carbonyl (C=O) groups excluding carboxylic acids is 1. The first-order valence-electron chi connectivity index (χ1n) is 6.30. The van der Waals surface area contributed by atoms with Gasteiger partial charge in [-0.2, -0.15) is 26.3 Å². The molecule has 0 amide bonds. The van der Waals surface area contributed by atoms with E-state index in [1.807, 2.05) is 0 Å². The van der Waals surface area contributed by atoms with Crippen molar-refractivity contribution in [2.24, 2.45) is 0 Å². The smallest absolute Gasteiger partial charge is 0.395 e. The number of para-hydroxylation sites is 1. The number of ether oxygens (including phenoxy) is 2. The van der Waals surface area contributed by atoms with Gasteiger partial charge in [-0.25, -0.2) is 4.79 Å². The number of hydrogen-bond acceptors (Lipinski definition) is 3. The van der Waals surface area contributed by atoms with E-state index in [4.69, 9.17) is 0 Å². The molecule has 0 aromatic heterocycles. The summed E-state index contributed by atoms with van der Waals surface area (Å²) in [5, 5.41) is 0. The van der Waals surface area contributed by atoms with Crippen LogP contribution < -0.4 is 9.47 Å². The molecule has 0 atom stereocenters. The Balaban J connectivity index is 2.16. The summed E-state index contributed by atoms with van der Waals surface area (Å²) in [6.07, 6.45) is -11.0. The van der Waals surface area contributed by atoms with Crippen molar-refractivity contribution in [1.82, 2.24) is 0 Å². The fourth-order valence-electron chi connectivity index (χ4n) is 1.73. The number of hydrogen-bond donors (Lipinski definition) is 0. The fraction of sp³-hybridized carbons (Fsp3) is 0.133. The number of rotatable bonds is 2. The minimum Gasteiger partial charge on any atom is -0.395 e. The lowest BCUT2D eigenvalue weighted by Crippen LogP contribution is -2.17. The van der Waals surface area contributed by atoms with E-state index in [0.717, 1.165) is 30.3 Å². The van der Waals surface area contributed by atoms with Crippen molar-refractivity contribution in [2.45, 2.75) is 12.4 Å². The van der Waals surface area contributed by atoms with Gasteiger partial charge in [0.05, 0.1) is 11.1 Å². The molecule has 0 fully saturated rings. The molecule has 0 heterocycles. The number of carbonyl (C=O) groups is 1. The highest BCUT2D eigenvalue weighted by Gasteiger charge is 2.35. The first-order valence-corrected chi connectivity index (χ1v) is 6.30. The molecular formula is C15H8F6O3. The van der Waals surface area contributed by atoms with Gasteiger partial charge in [0.15, 0.2) is 0 Å². The monoisotopic (exact) mass is 350 g/mol. The van der Waals surface area contributed by atoms with Crippen LogP contribution in [0.1, 0.15) is 11.1 Å². The minimum absolute atomic E-state index is 0.515. The highest BCUT2D eigenvalue weighted by atomic mass is 19.4. The largest absolute Gasteiger partial charge is 0.519 e. The maximum absolute atomic E-state index is 12.8.